The molecule has 0 saturated carbocycles. The van der Waals surface area contributed by atoms with Crippen LogP contribution >= 0.6 is 0 Å². The van der Waals surface area contributed by atoms with Crippen molar-refractivity contribution in [2.45, 2.75) is 110 Å². The molecule has 0 bridgehead atoms. The molecule has 0 aliphatic heterocycles. The smallest absolute Gasteiger partial charge is 0.408 e. The minimum absolute atomic E-state index is 0.214. The van der Waals surface area contributed by atoms with Crippen LogP contribution < -0.4 is 32.7 Å². The van der Waals surface area contributed by atoms with Crippen molar-refractivity contribution in [1.29, 1.82) is 0 Å². The molecule has 0 aliphatic carbocycles. The summed E-state index contributed by atoms with van der Waals surface area (Å²) in [4.78, 5) is 86.2. The highest BCUT2D eigenvalue weighted by atomic mass is 16.6. The van der Waals surface area contributed by atoms with E-state index >= 15 is 0 Å². The maximum Gasteiger partial charge on any atom is 0.408 e. The zero-order valence-corrected chi connectivity index (χ0v) is 24.9. The number of carbonyl (C=O) groups excluding carboxylic acids is 6. The summed E-state index contributed by atoms with van der Waals surface area (Å²) in [5.74, 6) is -6.08. The third-order valence-electron chi connectivity index (χ3n) is 6.02. The highest BCUT2D eigenvalue weighted by molar-refractivity contribution is 5.95. The highest BCUT2D eigenvalue weighted by Crippen LogP contribution is 2.12. The molecule has 0 rings (SSSR count). The molecule has 15 heteroatoms. The third-order valence-corrected chi connectivity index (χ3v) is 6.02. The fraction of sp³-hybridized carbons (Fsp3) is 0.731. The van der Waals surface area contributed by atoms with Crippen molar-refractivity contribution >= 4 is 41.6 Å². The second-order valence-electron chi connectivity index (χ2n) is 11.2. The number of alkyl carbamates (subject to hydrolysis) is 1. The molecule has 5 atom stereocenters. The van der Waals surface area contributed by atoms with E-state index in [-0.39, 0.29) is 25.7 Å². The number of primary amides is 2. The van der Waals surface area contributed by atoms with Gasteiger partial charge in [-0.25, -0.2) is 9.59 Å². The van der Waals surface area contributed by atoms with Crippen LogP contribution in [0.15, 0.2) is 0 Å². The zero-order valence-electron chi connectivity index (χ0n) is 24.9. The fourth-order valence-corrected chi connectivity index (χ4v) is 3.55. The van der Waals surface area contributed by atoms with Gasteiger partial charge in [-0.05, 0) is 45.4 Å². The molecule has 0 saturated heterocycles. The van der Waals surface area contributed by atoms with E-state index in [1.54, 1.807) is 48.5 Å². The quantitative estimate of drug-likeness (QED) is 0.117. The molecule has 0 aliphatic rings. The summed E-state index contributed by atoms with van der Waals surface area (Å²) in [7, 11) is 0. The Bertz CT molecular complexity index is 964. The first-order valence-corrected chi connectivity index (χ1v) is 13.5. The number of rotatable bonds is 17. The van der Waals surface area contributed by atoms with Crippen LogP contribution in [0.1, 0.15) is 80.6 Å². The van der Waals surface area contributed by atoms with Gasteiger partial charge in [-0.15, -0.1) is 0 Å². The molecule has 0 heterocycles. The van der Waals surface area contributed by atoms with Crippen molar-refractivity contribution in [3.63, 3.8) is 0 Å². The first-order chi connectivity index (χ1) is 18.8. The van der Waals surface area contributed by atoms with Crippen LogP contribution in [0.2, 0.25) is 0 Å². The average Bonchev–Trinajstić information content (AvgIpc) is 2.83. The van der Waals surface area contributed by atoms with Gasteiger partial charge in [0.15, 0.2) is 0 Å². The van der Waals surface area contributed by atoms with Crippen LogP contribution in [0.4, 0.5) is 4.79 Å². The highest BCUT2D eigenvalue weighted by Gasteiger charge is 2.34. The molecule has 0 unspecified atom stereocenters. The number of nitrogens with two attached hydrogens (primary N) is 2. The molecule has 0 aromatic heterocycles. The Morgan fingerprint density at radius 1 is 0.732 bits per heavy atom. The number of nitrogens with one attached hydrogen (secondary N) is 4. The number of amides is 6. The number of hydrogen-bond donors (Lipinski definition) is 7. The van der Waals surface area contributed by atoms with E-state index in [1.165, 1.54) is 0 Å². The van der Waals surface area contributed by atoms with Crippen LogP contribution in [-0.4, -0.2) is 76.5 Å². The minimum Gasteiger partial charge on any atom is -0.480 e. The van der Waals surface area contributed by atoms with Gasteiger partial charge in [-0.3, -0.25) is 24.0 Å². The van der Waals surface area contributed by atoms with Gasteiger partial charge < -0.3 is 42.6 Å². The van der Waals surface area contributed by atoms with E-state index in [0.29, 0.717) is 6.42 Å². The van der Waals surface area contributed by atoms with Crippen LogP contribution in [-0.2, 0) is 33.5 Å². The molecular formula is C26H46N6O9. The lowest BCUT2D eigenvalue weighted by Crippen LogP contribution is -2.59. The summed E-state index contributed by atoms with van der Waals surface area (Å²) in [6.07, 6.45) is -1.56. The lowest BCUT2D eigenvalue weighted by Gasteiger charge is -2.29. The predicted octanol–water partition coefficient (Wildman–Crippen LogP) is -0.348. The zero-order chi connectivity index (χ0) is 32.1. The van der Waals surface area contributed by atoms with Gasteiger partial charge in [0.1, 0.15) is 29.8 Å². The summed E-state index contributed by atoms with van der Waals surface area (Å²) in [5.41, 5.74) is 9.55. The molecule has 0 aromatic carbocycles. The van der Waals surface area contributed by atoms with Gasteiger partial charge in [0.2, 0.25) is 29.5 Å². The number of hydrogen-bond acceptors (Lipinski definition) is 8. The second-order valence-corrected chi connectivity index (χ2v) is 11.2. The van der Waals surface area contributed by atoms with Crippen molar-refractivity contribution in [3.8, 4) is 0 Å². The second kappa shape index (κ2) is 17.0. The summed E-state index contributed by atoms with van der Waals surface area (Å²) in [6, 6.07) is -5.10. The summed E-state index contributed by atoms with van der Waals surface area (Å²) >= 11 is 0. The van der Waals surface area contributed by atoms with Gasteiger partial charge in [-0.1, -0.05) is 34.1 Å². The largest absolute Gasteiger partial charge is 0.480 e. The number of carbonyl (C=O) groups is 7. The van der Waals surface area contributed by atoms with Crippen LogP contribution in [0.5, 0.6) is 0 Å². The van der Waals surface area contributed by atoms with Crippen LogP contribution in [0.25, 0.3) is 0 Å². The number of carboxylic acid groups (broad SMARTS) is 1. The Hall–Kier alpha value is -3.91. The maximum absolute atomic E-state index is 13.3. The molecule has 0 radical (unpaired) electrons. The SMILES string of the molecule is CC[C@H](C)[C@H](NC(=O)[C@H](CCC(N)=O)NC(=O)[C@H](CCC(N)=O)NC(=O)OC(C)(C)C)C(=O)N[C@H](C(=O)O)C(C)C. The van der Waals surface area contributed by atoms with E-state index in [4.69, 9.17) is 16.2 Å². The van der Waals surface area contributed by atoms with E-state index in [0.717, 1.165) is 0 Å². The van der Waals surface area contributed by atoms with E-state index in [2.05, 4.69) is 21.3 Å². The van der Waals surface area contributed by atoms with Gasteiger partial charge in [0.25, 0.3) is 0 Å². The Morgan fingerprint density at radius 3 is 1.56 bits per heavy atom. The molecule has 0 aromatic rings. The molecule has 41 heavy (non-hydrogen) atoms. The molecular weight excluding hydrogens is 540 g/mol. The van der Waals surface area contributed by atoms with E-state index < -0.39 is 83.2 Å². The van der Waals surface area contributed by atoms with E-state index in [9.17, 15) is 38.7 Å². The third kappa shape index (κ3) is 14.9. The standard InChI is InChI=1S/C26H46N6O9/c1-8-14(4)20(23(37)31-19(13(2)3)24(38)39)32-22(36)15(9-11-17(27)33)29-21(35)16(10-12-18(28)34)30-25(40)41-26(5,6)7/h13-16,19-20H,8-12H2,1-7H3,(H2,27,33)(H2,28,34)(H,29,35)(H,30,40)(H,31,37)(H,32,36)(H,38,39)/t14-,15-,16-,19-,20-/m0/s1. The Labute approximate surface area is 240 Å². The monoisotopic (exact) mass is 586 g/mol. The topological polar surface area (TPSA) is 249 Å². The molecule has 234 valence electrons. The van der Waals surface area contributed by atoms with E-state index in [1.807, 2.05) is 0 Å². The van der Waals surface area contributed by atoms with Crippen LogP contribution in [0, 0.1) is 11.8 Å². The fourth-order valence-electron chi connectivity index (χ4n) is 3.55. The van der Waals surface area contributed by atoms with Gasteiger partial charge >= 0.3 is 12.1 Å². The molecule has 0 spiro atoms. The predicted molar refractivity (Wildman–Crippen MR) is 148 cm³/mol. The maximum atomic E-state index is 13.3. The number of aliphatic carboxylic acids is 1. The average molecular weight is 587 g/mol. The van der Waals surface area contributed by atoms with Crippen molar-refractivity contribution in [1.82, 2.24) is 21.3 Å². The molecule has 0 fully saturated rings. The van der Waals surface area contributed by atoms with Gasteiger partial charge in [0, 0.05) is 12.8 Å². The lowest BCUT2D eigenvalue weighted by molar-refractivity contribution is -0.144. The summed E-state index contributed by atoms with van der Waals surface area (Å²) < 4.78 is 5.17. The first-order valence-electron chi connectivity index (χ1n) is 13.5. The summed E-state index contributed by atoms with van der Waals surface area (Å²) in [5, 5.41) is 19.2. The van der Waals surface area contributed by atoms with Crippen LogP contribution in [0.3, 0.4) is 0 Å². The minimum atomic E-state index is -1.38. The van der Waals surface area contributed by atoms with Crippen molar-refractivity contribution in [2.75, 3.05) is 0 Å². The normalized spacial score (nSPS) is 14.9. The van der Waals surface area contributed by atoms with Gasteiger partial charge in [-0.2, -0.15) is 0 Å². The Balaban J connectivity index is 6.00. The molecule has 6 amide bonds. The Morgan fingerprint density at radius 2 is 1.17 bits per heavy atom. The molecule has 15 nitrogen and oxygen atoms in total. The van der Waals surface area contributed by atoms with Crippen molar-refractivity contribution in [3.05, 3.63) is 0 Å². The lowest BCUT2D eigenvalue weighted by atomic mass is 9.96. The molecule has 9 N–H and O–H groups in total. The number of carboxylic acids is 1. The summed E-state index contributed by atoms with van der Waals surface area (Å²) in [6.45, 7) is 11.5. The van der Waals surface area contributed by atoms with Crippen molar-refractivity contribution < 1.29 is 43.4 Å². The van der Waals surface area contributed by atoms with Gasteiger partial charge in [0.05, 0.1) is 0 Å². The van der Waals surface area contributed by atoms with Crippen molar-refractivity contribution in [2.24, 2.45) is 23.3 Å². The first kappa shape index (κ1) is 37.1. The Kier molecular flexibility index (Phi) is 15.4. The number of ether oxygens (including phenoxy) is 1.